The molecule has 4 heterocycles. The Labute approximate surface area is 209 Å². The van der Waals surface area contributed by atoms with Crippen LogP contribution in [0.5, 0.6) is 0 Å². The van der Waals surface area contributed by atoms with Crippen molar-refractivity contribution >= 4 is 5.70 Å². The van der Waals surface area contributed by atoms with Gasteiger partial charge in [0, 0.05) is 48.9 Å². The van der Waals surface area contributed by atoms with Gasteiger partial charge in [-0.3, -0.25) is 0 Å². The average Bonchev–Trinajstić information content (AvgIpc) is 3.28. The molecule has 1 aliphatic carbocycles. The molecule has 4 nitrogen and oxygen atoms in total. The Morgan fingerprint density at radius 2 is 1.68 bits per heavy atom. The predicted octanol–water partition coefficient (Wildman–Crippen LogP) is 5.56. The molecule has 2 unspecified atom stereocenters. The van der Waals surface area contributed by atoms with Gasteiger partial charge in [-0.2, -0.15) is 27.4 Å². The third kappa shape index (κ3) is 2.97. The zero-order chi connectivity index (χ0) is 26.3. The number of fused-ring (bicyclic) bond motifs is 6. The first kappa shape index (κ1) is 23.5. The van der Waals surface area contributed by atoms with Gasteiger partial charge in [-0.15, -0.1) is 0 Å². The first-order valence-electron chi connectivity index (χ1n) is 11.9. The molecule has 0 saturated carbocycles. The van der Waals surface area contributed by atoms with E-state index in [4.69, 9.17) is 0 Å². The Balaban J connectivity index is 1.70. The highest BCUT2D eigenvalue weighted by atomic mass is 19.4. The molecule has 0 amide bonds. The number of hydrogen-bond donors (Lipinski definition) is 0. The van der Waals surface area contributed by atoms with Crippen molar-refractivity contribution in [3.05, 3.63) is 96.0 Å². The largest absolute Gasteiger partial charge is 0.435 e. The Hall–Kier alpha value is -3.88. The van der Waals surface area contributed by atoms with E-state index < -0.39 is 34.5 Å². The number of pyridine rings is 2. The van der Waals surface area contributed by atoms with Crippen LogP contribution < -0.4 is 9.13 Å². The molecule has 0 fully saturated rings. The summed E-state index contributed by atoms with van der Waals surface area (Å²) in [6.45, 7) is 3.79. The molecule has 37 heavy (non-hydrogen) atoms. The third-order valence-corrected chi connectivity index (χ3v) is 7.98. The molecule has 3 aromatic heterocycles. The summed E-state index contributed by atoms with van der Waals surface area (Å²) in [5, 5.41) is 4.01. The Kier molecular flexibility index (Phi) is 4.81. The first-order valence-corrected chi connectivity index (χ1v) is 11.9. The molecule has 9 heteroatoms. The van der Waals surface area contributed by atoms with Gasteiger partial charge in [0.15, 0.2) is 18.1 Å². The summed E-state index contributed by atoms with van der Waals surface area (Å²) in [5.41, 5.74) is -0.541. The first-order chi connectivity index (χ1) is 17.5. The molecule has 0 bridgehead atoms. The predicted molar refractivity (Wildman–Crippen MR) is 126 cm³/mol. The van der Waals surface area contributed by atoms with Crippen LogP contribution in [0.15, 0.2) is 73.1 Å². The van der Waals surface area contributed by atoms with Gasteiger partial charge < -0.3 is 0 Å². The molecule has 0 N–H and O–H groups in total. The van der Waals surface area contributed by atoms with E-state index in [0.29, 0.717) is 29.1 Å². The standard InChI is InChI=1S/C28H23F5N4/c1-4-27-16-24(37-22(15-23(34-37)28(31,32)33)20-9-5-7-11-35(20)3)26(27,2)18-13-17(29)14-19(30)25(18)21-10-6-8-12-36(21)27/h5-16H,4H2,1-3H3/q+2. The van der Waals surface area contributed by atoms with Crippen molar-refractivity contribution in [2.45, 2.75) is 37.4 Å². The minimum absolute atomic E-state index is 0.231. The molecular weight excluding hydrogens is 487 g/mol. The van der Waals surface area contributed by atoms with E-state index in [-0.39, 0.29) is 11.3 Å². The van der Waals surface area contributed by atoms with Crippen LogP contribution in [0, 0.1) is 11.6 Å². The second kappa shape index (κ2) is 7.57. The maximum absolute atomic E-state index is 15.4. The van der Waals surface area contributed by atoms with Crippen LogP contribution in [-0.4, -0.2) is 9.78 Å². The van der Waals surface area contributed by atoms with E-state index >= 15 is 4.39 Å². The van der Waals surface area contributed by atoms with Crippen LogP contribution >= 0.6 is 0 Å². The number of hydrogen-bond acceptors (Lipinski definition) is 1. The zero-order valence-corrected chi connectivity index (χ0v) is 20.3. The van der Waals surface area contributed by atoms with E-state index in [9.17, 15) is 17.6 Å². The summed E-state index contributed by atoms with van der Waals surface area (Å²) in [7, 11) is 1.74. The van der Waals surface area contributed by atoms with Crippen LogP contribution in [0.1, 0.15) is 31.5 Å². The number of allylic oxidation sites excluding steroid dienone is 2. The Morgan fingerprint density at radius 3 is 2.35 bits per heavy atom. The van der Waals surface area contributed by atoms with Gasteiger partial charge in [0.25, 0.3) is 0 Å². The normalized spacial score (nSPS) is 22.0. The lowest BCUT2D eigenvalue weighted by molar-refractivity contribution is -0.757. The SMILES string of the molecule is CCC12C=C(n3nc(C(F)(F)F)cc3-c3cccc[n+]3C)C1(C)c1cc(F)cc(F)c1-c1cccc[n+]12. The number of aromatic nitrogens is 4. The van der Waals surface area contributed by atoms with Crippen LogP contribution in [0.25, 0.3) is 28.3 Å². The molecule has 1 aliphatic heterocycles. The Bertz CT molecular complexity index is 1620. The molecule has 4 aromatic rings. The smallest absolute Gasteiger partial charge is 0.229 e. The molecular formula is C28H23F5N4+2. The van der Waals surface area contributed by atoms with Crippen molar-refractivity contribution in [3.63, 3.8) is 0 Å². The monoisotopic (exact) mass is 510 g/mol. The number of rotatable bonds is 3. The lowest BCUT2D eigenvalue weighted by atomic mass is 9.52. The highest BCUT2D eigenvalue weighted by molar-refractivity contribution is 5.82. The lowest BCUT2D eigenvalue weighted by Crippen LogP contribution is -2.73. The summed E-state index contributed by atoms with van der Waals surface area (Å²) in [6, 6.07) is 13.7. The van der Waals surface area contributed by atoms with Gasteiger partial charge in [-0.25, -0.2) is 13.5 Å². The molecule has 1 aromatic carbocycles. The maximum atomic E-state index is 15.4. The highest BCUT2D eigenvalue weighted by Crippen LogP contribution is 2.61. The van der Waals surface area contributed by atoms with Crippen LogP contribution in [0.3, 0.4) is 0 Å². The Morgan fingerprint density at radius 1 is 0.973 bits per heavy atom. The molecule has 188 valence electrons. The van der Waals surface area contributed by atoms with Crippen molar-refractivity contribution in [1.29, 1.82) is 0 Å². The van der Waals surface area contributed by atoms with Crippen LogP contribution in [0.4, 0.5) is 22.0 Å². The quantitative estimate of drug-likeness (QED) is 0.262. The van der Waals surface area contributed by atoms with Gasteiger partial charge in [0.05, 0.1) is 11.3 Å². The van der Waals surface area contributed by atoms with Crippen LogP contribution in [-0.2, 0) is 24.2 Å². The van der Waals surface area contributed by atoms with Crippen molar-refractivity contribution in [3.8, 4) is 22.6 Å². The van der Waals surface area contributed by atoms with E-state index in [1.807, 2.05) is 36.8 Å². The molecule has 2 aliphatic rings. The summed E-state index contributed by atoms with van der Waals surface area (Å²) in [6.07, 6.45) is 1.30. The molecule has 0 radical (unpaired) electrons. The number of aryl methyl sites for hydroxylation is 1. The van der Waals surface area contributed by atoms with E-state index in [1.165, 1.54) is 10.7 Å². The summed E-state index contributed by atoms with van der Waals surface area (Å²) >= 11 is 0. The summed E-state index contributed by atoms with van der Waals surface area (Å²) in [4.78, 5) is 0. The second-order valence-electron chi connectivity index (χ2n) is 9.72. The fourth-order valence-electron chi connectivity index (χ4n) is 6.14. The third-order valence-electron chi connectivity index (χ3n) is 7.98. The number of alkyl halides is 3. The lowest BCUT2D eigenvalue weighted by Gasteiger charge is -2.54. The van der Waals surface area contributed by atoms with E-state index in [0.717, 1.165) is 12.1 Å². The van der Waals surface area contributed by atoms with Crippen molar-refractivity contribution in [2.75, 3.05) is 0 Å². The second-order valence-corrected chi connectivity index (χ2v) is 9.72. The van der Waals surface area contributed by atoms with Gasteiger partial charge in [0.2, 0.25) is 16.9 Å². The average molecular weight is 511 g/mol. The van der Waals surface area contributed by atoms with E-state index in [2.05, 4.69) is 5.10 Å². The van der Waals surface area contributed by atoms with Gasteiger partial charge >= 0.3 is 6.18 Å². The minimum Gasteiger partial charge on any atom is -0.229 e. The summed E-state index contributed by atoms with van der Waals surface area (Å²) < 4.78 is 76.7. The fourth-order valence-corrected chi connectivity index (χ4v) is 6.14. The molecule has 6 rings (SSSR count). The maximum Gasteiger partial charge on any atom is 0.435 e. The molecule has 0 spiro atoms. The van der Waals surface area contributed by atoms with Crippen LogP contribution in [0.2, 0.25) is 0 Å². The fraction of sp³-hybridized carbons (Fsp3) is 0.250. The number of halogens is 5. The van der Waals surface area contributed by atoms with Gasteiger partial charge in [-0.05, 0) is 30.7 Å². The highest BCUT2D eigenvalue weighted by Gasteiger charge is 2.69. The molecule has 2 atom stereocenters. The van der Waals surface area contributed by atoms with Gasteiger partial charge in [-0.1, -0.05) is 6.92 Å². The van der Waals surface area contributed by atoms with Crippen molar-refractivity contribution < 1.29 is 31.1 Å². The number of nitrogens with zero attached hydrogens (tertiary/aromatic N) is 4. The minimum atomic E-state index is -4.68. The molecule has 0 saturated heterocycles. The van der Waals surface area contributed by atoms with E-state index in [1.54, 1.807) is 48.1 Å². The zero-order valence-electron chi connectivity index (χ0n) is 20.3. The topological polar surface area (TPSA) is 25.6 Å². The van der Waals surface area contributed by atoms with Crippen molar-refractivity contribution in [1.82, 2.24) is 9.78 Å². The van der Waals surface area contributed by atoms with Gasteiger partial charge in [0.1, 0.15) is 29.8 Å². The number of benzene rings is 1. The van der Waals surface area contributed by atoms with Crippen molar-refractivity contribution in [2.24, 2.45) is 7.05 Å². The summed E-state index contributed by atoms with van der Waals surface area (Å²) in [5.74, 6) is -1.47.